The van der Waals surface area contributed by atoms with Crippen molar-refractivity contribution in [3.8, 4) is 0 Å². The molecule has 5 nitrogen and oxygen atoms in total. The van der Waals surface area contributed by atoms with E-state index < -0.39 is 6.04 Å². The van der Waals surface area contributed by atoms with Crippen molar-refractivity contribution >= 4 is 11.8 Å². The highest BCUT2D eigenvalue weighted by molar-refractivity contribution is 5.87. The molecule has 0 bridgehead atoms. The van der Waals surface area contributed by atoms with Crippen LogP contribution in [-0.2, 0) is 9.59 Å². The number of rotatable bonds is 5. The first-order chi connectivity index (χ1) is 9.56. The molecule has 5 heteroatoms. The van der Waals surface area contributed by atoms with Crippen LogP contribution in [0.15, 0.2) is 0 Å². The van der Waals surface area contributed by atoms with Crippen molar-refractivity contribution in [3.63, 3.8) is 0 Å². The lowest BCUT2D eigenvalue weighted by molar-refractivity contribution is -0.137. The van der Waals surface area contributed by atoms with Crippen molar-refractivity contribution in [1.29, 1.82) is 0 Å². The molecule has 1 saturated heterocycles. The minimum Gasteiger partial charge on any atom is -0.345 e. The third kappa shape index (κ3) is 3.51. The summed E-state index contributed by atoms with van der Waals surface area (Å²) < 4.78 is 0. The summed E-state index contributed by atoms with van der Waals surface area (Å²) in [4.78, 5) is 26.2. The molecule has 1 aliphatic carbocycles. The zero-order chi connectivity index (χ0) is 14.6. The first-order valence-electron chi connectivity index (χ1n) is 7.85. The van der Waals surface area contributed by atoms with E-state index in [0.717, 1.165) is 45.2 Å². The summed E-state index contributed by atoms with van der Waals surface area (Å²) in [5.74, 6) is 0.0152. The largest absolute Gasteiger partial charge is 0.345 e. The summed E-state index contributed by atoms with van der Waals surface area (Å²) in [6, 6.07) is -0.421. The van der Waals surface area contributed by atoms with Gasteiger partial charge in [-0.1, -0.05) is 6.42 Å². The second-order valence-electron chi connectivity index (χ2n) is 6.41. The molecule has 1 atom stereocenters. The average Bonchev–Trinajstić information content (AvgIpc) is 2.43. The van der Waals surface area contributed by atoms with Crippen LogP contribution >= 0.6 is 0 Å². The molecular weight excluding hydrogens is 254 g/mol. The molecule has 2 aliphatic rings. The van der Waals surface area contributed by atoms with Crippen molar-refractivity contribution in [2.75, 3.05) is 19.6 Å². The SMILES string of the molecule is CC(NC(=O)CC1(CN)CCC1)C(=O)N1CCCCC1. The molecule has 1 heterocycles. The van der Waals surface area contributed by atoms with Gasteiger partial charge in [0.05, 0.1) is 0 Å². The number of hydrogen-bond donors (Lipinski definition) is 2. The Morgan fingerprint density at radius 2 is 1.85 bits per heavy atom. The molecule has 0 radical (unpaired) electrons. The highest BCUT2D eigenvalue weighted by Crippen LogP contribution is 2.42. The van der Waals surface area contributed by atoms with Gasteiger partial charge in [-0.3, -0.25) is 9.59 Å². The van der Waals surface area contributed by atoms with Gasteiger partial charge in [0.25, 0.3) is 0 Å². The number of nitrogens with two attached hydrogens (primary N) is 1. The van der Waals surface area contributed by atoms with Crippen LogP contribution in [0.4, 0.5) is 0 Å². The molecule has 1 unspecified atom stereocenters. The van der Waals surface area contributed by atoms with E-state index in [9.17, 15) is 9.59 Å². The number of nitrogens with one attached hydrogen (secondary N) is 1. The van der Waals surface area contributed by atoms with Gasteiger partial charge in [-0.25, -0.2) is 0 Å². The molecule has 114 valence electrons. The standard InChI is InChI=1S/C15H27N3O2/c1-12(14(20)18-8-3-2-4-9-18)17-13(19)10-15(11-16)6-5-7-15/h12H,2-11,16H2,1H3,(H,17,19). The van der Waals surface area contributed by atoms with E-state index in [2.05, 4.69) is 5.32 Å². The third-order valence-electron chi connectivity index (χ3n) is 4.80. The monoisotopic (exact) mass is 281 g/mol. The second kappa shape index (κ2) is 6.57. The van der Waals surface area contributed by atoms with Gasteiger partial charge in [-0.15, -0.1) is 0 Å². The number of nitrogens with zero attached hydrogens (tertiary/aromatic N) is 1. The van der Waals surface area contributed by atoms with E-state index in [0.29, 0.717) is 13.0 Å². The van der Waals surface area contributed by atoms with E-state index in [4.69, 9.17) is 5.73 Å². The van der Waals surface area contributed by atoms with E-state index >= 15 is 0 Å². The van der Waals surface area contributed by atoms with Gasteiger partial charge < -0.3 is 16.0 Å². The first-order valence-corrected chi connectivity index (χ1v) is 7.85. The van der Waals surface area contributed by atoms with Crippen LogP contribution in [0.2, 0.25) is 0 Å². The lowest BCUT2D eigenvalue weighted by Crippen LogP contribution is -2.50. The fourth-order valence-corrected chi connectivity index (χ4v) is 3.21. The predicted molar refractivity (Wildman–Crippen MR) is 78.0 cm³/mol. The smallest absolute Gasteiger partial charge is 0.244 e. The molecule has 3 N–H and O–H groups in total. The molecule has 2 fully saturated rings. The molecule has 2 amide bonds. The van der Waals surface area contributed by atoms with Gasteiger partial charge in [0, 0.05) is 19.5 Å². The van der Waals surface area contributed by atoms with Gasteiger partial charge in [0.2, 0.25) is 11.8 Å². The molecule has 2 rings (SSSR count). The van der Waals surface area contributed by atoms with Crippen LogP contribution in [0.25, 0.3) is 0 Å². The van der Waals surface area contributed by atoms with Crippen LogP contribution in [0.5, 0.6) is 0 Å². The van der Waals surface area contributed by atoms with E-state index in [1.165, 1.54) is 6.42 Å². The van der Waals surface area contributed by atoms with Crippen LogP contribution in [0.3, 0.4) is 0 Å². The molecule has 0 aromatic carbocycles. The van der Waals surface area contributed by atoms with E-state index in [1.54, 1.807) is 6.92 Å². The number of carbonyl (C=O) groups excluding carboxylic acids is 2. The van der Waals surface area contributed by atoms with Crippen LogP contribution in [-0.4, -0.2) is 42.4 Å². The number of hydrogen-bond acceptors (Lipinski definition) is 3. The minimum absolute atomic E-state index is 0.00201. The zero-order valence-corrected chi connectivity index (χ0v) is 12.5. The van der Waals surface area contributed by atoms with Crippen molar-refractivity contribution < 1.29 is 9.59 Å². The molecule has 0 aromatic rings. The van der Waals surface area contributed by atoms with Crippen LogP contribution < -0.4 is 11.1 Å². The first kappa shape index (κ1) is 15.3. The van der Waals surface area contributed by atoms with Crippen LogP contribution in [0.1, 0.15) is 51.9 Å². The fourth-order valence-electron chi connectivity index (χ4n) is 3.21. The Labute approximate surface area is 121 Å². The molecule has 1 aliphatic heterocycles. The highest BCUT2D eigenvalue weighted by atomic mass is 16.2. The topological polar surface area (TPSA) is 75.4 Å². The highest BCUT2D eigenvalue weighted by Gasteiger charge is 2.38. The predicted octanol–water partition coefficient (Wildman–Crippen LogP) is 1.02. The van der Waals surface area contributed by atoms with E-state index in [-0.39, 0.29) is 17.2 Å². The Hall–Kier alpha value is -1.10. The quantitative estimate of drug-likeness (QED) is 0.790. The van der Waals surface area contributed by atoms with Gasteiger partial charge >= 0.3 is 0 Å². The van der Waals surface area contributed by atoms with Gasteiger partial charge in [-0.2, -0.15) is 0 Å². The molecule has 0 aromatic heterocycles. The maximum atomic E-state index is 12.2. The minimum atomic E-state index is -0.421. The number of likely N-dealkylation sites (tertiary alicyclic amines) is 1. The molecule has 1 saturated carbocycles. The Balaban J connectivity index is 1.79. The van der Waals surface area contributed by atoms with Gasteiger partial charge in [0.1, 0.15) is 6.04 Å². The van der Waals surface area contributed by atoms with Crippen molar-refractivity contribution in [2.45, 2.75) is 57.9 Å². The Morgan fingerprint density at radius 3 is 2.35 bits per heavy atom. The summed E-state index contributed by atoms with van der Waals surface area (Å²) in [7, 11) is 0. The fraction of sp³-hybridized carbons (Fsp3) is 0.867. The lowest BCUT2D eigenvalue weighted by Gasteiger charge is -2.40. The maximum absolute atomic E-state index is 12.2. The molecule has 20 heavy (non-hydrogen) atoms. The maximum Gasteiger partial charge on any atom is 0.244 e. The van der Waals surface area contributed by atoms with E-state index in [1.807, 2.05) is 4.90 Å². The lowest BCUT2D eigenvalue weighted by atomic mass is 9.66. The second-order valence-corrected chi connectivity index (χ2v) is 6.41. The average molecular weight is 281 g/mol. The Bertz CT molecular complexity index is 355. The summed E-state index contributed by atoms with van der Waals surface area (Å²) in [6.45, 7) is 4.00. The summed E-state index contributed by atoms with van der Waals surface area (Å²) in [5.41, 5.74) is 5.77. The van der Waals surface area contributed by atoms with Gasteiger partial charge in [-0.05, 0) is 51.0 Å². The summed E-state index contributed by atoms with van der Waals surface area (Å²) >= 11 is 0. The van der Waals surface area contributed by atoms with Crippen molar-refractivity contribution in [2.24, 2.45) is 11.1 Å². The number of amides is 2. The number of piperidine rings is 1. The summed E-state index contributed by atoms with van der Waals surface area (Å²) in [6.07, 6.45) is 7.03. The molecule has 0 spiro atoms. The zero-order valence-electron chi connectivity index (χ0n) is 12.5. The normalized spacial score (nSPS) is 22.8. The van der Waals surface area contributed by atoms with Crippen molar-refractivity contribution in [1.82, 2.24) is 10.2 Å². The number of carbonyl (C=O) groups is 2. The Kier molecular flexibility index (Phi) is 5.02. The van der Waals surface area contributed by atoms with Gasteiger partial charge in [0.15, 0.2) is 0 Å². The third-order valence-corrected chi connectivity index (χ3v) is 4.80. The van der Waals surface area contributed by atoms with Crippen LogP contribution in [0, 0.1) is 5.41 Å². The summed E-state index contributed by atoms with van der Waals surface area (Å²) in [5, 5.41) is 2.85. The van der Waals surface area contributed by atoms with Crippen molar-refractivity contribution in [3.05, 3.63) is 0 Å². The molecular formula is C15H27N3O2. The Morgan fingerprint density at radius 1 is 1.20 bits per heavy atom.